The van der Waals surface area contributed by atoms with Crippen molar-refractivity contribution < 1.29 is 27.9 Å². The fourth-order valence-corrected chi connectivity index (χ4v) is 7.21. The Bertz CT molecular complexity index is 1660. The van der Waals surface area contributed by atoms with E-state index < -0.39 is 47.2 Å². The van der Waals surface area contributed by atoms with Gasteiger partial charge in [-0.15, -0.1) is 0 Å². The molecule has 0 unspecified atom stereocenters. The van der Waals surface area contributed by atoms with E-state index in [9.17, 15) is 23.2 Å². The second-order valence-electron chi connectivity index (χ2n) is 11.5. The molecule has 1 aromatic heterocycles. The third-order valence-corrected chi connectivity index (χ3v) is 9.45. The van der Waals surface area contributed by atoms with Gasteiger partial charge in [0, 0.05) is 36.8 Å². The molecule has 1 saturated carbocycles. The molecule has 2 aliphatic heterocycles. The van der Waals surface area contributed by atoms with E-state index in [1.807, 2.05) is 24.3 Å². The highest BCUT2D eigenvalue weighted by atomic mass is 19.3. The number of fused-ring (bicyclic) bond motifs is 3. The van der Waals surface area contributed by atoms with Gasteiger partial charge in [-0.1, -0.05) is 30.3 Å². The fourth-order valence-electron chi connectivity index (χ4n) is 7.21. The Kier molecular flexibility index (Phi) is 5.03. The highest BCUT2D eigenvalue weighted by Gasteiger charge is 2.76. The average molecular weight is 545 g/mol. The third kappa shape index (κ3) is 3.23. The summed E-state index contributed by atoms with van der Waals surface area (Å²) in [6, 6.07) is 13.2. The zero-order valence-electron chi connectivity index (χ0n) is 21.7. The van der Waals surface area contributed by atoms with Crippen LogP contribution in [-0.4, -0.2) is 70.7 Å². The first-order valence-corrected chi connectivity index (χ1v) is 13.3. The zero-order valence-corrected chi connectivity index (χ0v) is 21.7. The summed E-state index contributed by atoms with van der Waals surface area (Å²) in [6.45, 7) is 7.56. The first kappa shape index (κ1) is 24.8. The lowest BCUT2D eigenvalue weighted by atomic mass is 9.80. The number of nitrogens with zero attached hydrogens (tertiary/aromatic N) is 3. The number of methoxy groups -OCH3 is 1. The van der Waals surface area contributed by atoms with E-state index in [1.165, 1.54) is 16.9 Å². The Hall–Kier alpha value is -4.26. The van der Waals surface area contributed by atoms with Gasteiger partial charge in [0.25, 0.3) is 17.7 Å². The molecule has 204 valence electrons. The predicted molar refractivity (Wildman–Crippen MR) is 140 cm³/mol. The van der Waals surface area contributed by atoms with Crippen molar-refractivity contribution >= 4 is 28.5 Å². The maximum Gasteiger partial charge on any atom is 0.302 e. The lowest BCUT2D eigenvalue weighted by molar-refractivity contribution is -0.135. The number of rotatable bonds is 3. The fraction of sp³-hybridized carbons (Fsp3) is 0.400. The maximum absolute atomic E-state index is 14.6. The van der Waals surface area contributed by atoms with Gasteiger partial charge in [0.05, 0.1) is 24.4 Å². The summed E-state index contributed by atoms with van der Waals surface area (Å²) < 4.78 is 34.6. The Morgan fingerprint density at radius 1 is 1.10 bits per heavy atom. The number of likely N-dealkylation sites (tertiary alicyclic amines) is 2. The number of ketones is 1. The molecule has 8 nitrogen and oxygen atoms in total. The highest BCUT2D eigenvalue weighted by molar-refractivity contribution is 6.03. The van der Waals surface area contributed by atoms with Gasteiger partial charge < -0.3 is 14.6 Å². The molecule has 0 bridgehead atoms. The number of hydrogen-bond donors (Lipinski definition) is 1. The molecule has 2 amide bonds. The third-order valence-electron chi connectivity index (χ3n) is 9.45. The Morgan fingerprint density at radius 2 is 1.88 bits per heavy atom. The average Bonchev–Trinajstić information content (AvgIpc) is 3.50. The van der Waals surface area contributed by atoms with Gasteiger partial charge in [-0.2, -0.15) is 0 Å². The lowest BCUT2D eigenvalue weighted by Crippen LogP contribution is -2.49. The molecular formula is C30H26F2N4O4. The minimum Gasteiger partial charge on any atom is -0.496 e. The number of H-pyrrole nitrogens is 1. The van der Waals surface area contributed by atoms with E-state index in [0.717, 1.165) is 11.1 Å². The van der Waals surface area contributed by atoms with Crippen LogP contribution in [0, 0.1) is 12.0 Å². The summed E-state index contributed by atoms with van der Waals surface area (Å²) in [5, 5.41) is 0.662. The van der Waals surface area contributed by atoms with E-state index in [2.05, 4.69) is 9.83 Å². The van der Waals surface area contributed by atoms with Crippen molar-refractivity contribution in [2.75, 3.05) is 20.2 Å². The van der Waals surface area contributed by atoms with E-state index in [0.29, 0.717) is 16.7 Å². The number of carbonyl (C=O) groups is 3. The van der Waals surface area contributed by atoms with Crippen LogP contribution >= 0.6 is 0 Å². The van der Waals surface area contributed by atoms with Crippen LogP contribution in [0.3, 0.4) is 0 Å². The van der Waals surface area contributed by atoms with Crippen molar-refractivity contribution in [3.05, 3.63) is 76.8 Å². The van der Waals surface area contributed by atoms with Crippen LogP contribution in [0.1, 0.15) is 40.9 Å². The number of aromatic amines is 1. The molecule has 4 aliphatic rings. The van der Waals surface area contributed by atoms with Crippen molar-refractivity contribution in [3.63, 3.8) is 0 Å². The van der Waals surface area contributed by atoms with Crippen LogP contribution in [0.5, 0.6) is 5.75 Å². The Labute approximate surface area is 228 Å². The molecule has 1 N–H and O–H groups in total. The summed E-state index contributed by atoms with van der Waals surface area (Å²) in [5.41, 5.74) is 0.0497. The SMILES string of the molecule is [C-]#[N+][C@@H]1C[C@@]2(CN1C(=O)[C@@H]1C[C@]3(CN1C(=O)c1cc4c(OC)cccc4[nH]1)CC3(F)F)C(=O)Cc1ccccc12. The van der Waals surface area contributed by atoms with Gasteiger partial charge in [0.2, 0.25) is 0 Å². The second kappa shape index (κ2) is 8.13. The van der Waals surface area contributed by atoms with Crippen molar-refractivity contribution in [1.82, 2.24) is 14.8 Å². The Balaban J connectivity index is 1.24. The summed E-state index contributed by atoms with van der Waals surface area (Å²) in [4.78, 5) is 50.5. The molecule has 3 aromatic rings. The maximum atomic E-state index is 14.6. The number of aromatic nitrogens is 1. The first-order chi connectivity index (χ1) is 19.1. The molecule has 2 spiro atoms. The number of hydrogen-bond acceptors (Lipinski definition) is 4. The van der Waals surface area contributed by atoms with E-state index in [-0.39, 0.29) is 43.8 Å². The van der Waals surface area contributed by atoms with Crippen LogP contribution < -0.4 is 4.74 Å². The zero-order chi connectivity index (χ0) is 28.0. The van der Waals surface area contributed by atoms with Crippen molar-refractivity contribution in [2.45, 2.75) is 49.2 Å². The molecule has 4 atom stereocenters. The highest BCUT2D eigenvalue weighted by Crippen LogP contribution is 2.66. The minimum absolute atomic E-state index is 0.000235. The van der Waals surface area contributed by atoms with Gasteiger partial charge >= 0.3 is 6.17 Å². The molecule has 0 radical (unpaired) electrons. The number of carbonyl (C=O) groups excluding carboxylic acids is 3. The minimum atomic E-state index is -2.98. The van der Waals surface area contributed by atoms with Crippen LogP contribution in [0.15, 0.2) is 48.5 Å². The van der Waals surface area contributed by atoms with Gasteiger partial charge in [-0.25, -0.2) is 15.4 Å². The van der Waals surface area contributed by atoms with Crippen molar-refractivity contribution in [3.8, 4) is 5.75 Å². The molecule has 3 fully saturated rings. The summed E-state index contributed by atoms with van der Waals surface area (Å²) in [5.74, 6) is -3.59. The quantitative estimate of drug-likeness (QED) is 0.506. The number of benzene rings is 2. The smallest absolute Gasteiger partial charge is 0.302 e. The van der Waals surface area contributed by atoms with E-state index in [1.54, 1.807) is 24.3 Å². The number of amides is 2. The first-order valence-electron chi connectivity index (χ1n) is 13.3. The van der Waals surface area contributed by atoms with Crippen LogP contribution in [-0.2, 0) is 21.4 Å². The van der Waals surface area contributed by atoms with Gasteiger partial charge in [-0.05, 0) is 35.7 Å². The largest absolute Gasteiger partial charge is 0.496 e. The van der Waals surface area contributed by atoms with E-state index in [4.69, 9.17) is 11.3 Å². The number of halogens is 2. The Morgan fingerprint density at radius 3 is 2.60 bits per heavy atom. The summed E-state index contributed by atoms with van der Waals surface area (Å²) in [6.07, 6.45) is -1.12. The monoisotopic (exact) mass is 544 g/mol. The summed E-state index contributed by atoms with van der Waals surface area (Å²) >= 11 is 0. The van der Waals surface area contributed by atoms with Crippen molar-refractivity contribution in [2.24, 2.45) is 5.41 Å². The van der Waals surface area contributed by atoms with Gasteiger partial charge in [0.15, 0.2) is 0 Å². The molecule has 2 aliphatic carbocycles. The van der Waals surface area contributed by atoms with E-state index >= 15 is 0 Å². The number of Topliss-reactive ketones (excluding diaryl/α,β-unsaturated/α-hetero) is 1. The van der Waals surface area contributed by atoms with Crippen LogP contribution in [0.25, 0.3) is 15.7 Å². The van der Waals surface area contributed by atoms with Gasteiger partial charge in [0.1, 0.15) is 23.3 Å². The molecule has 40 heavy (non-hydrogen) atoms. The molecule has 2 aromatic carbocycles. The normalized spacial score (nSPS) is 29.8. The van der Waals surface area contributed by atoms with Gasteiger partial charge in [-0.3, -0.25) is 24.1 Å². The molecular weight excluding hydrogens is 518 g/mol. The standard InChI is InChI=1S/C30H26F2N4O4/c1-33-25-13-29(19-7-4-3-6-17(19)10-24(29)37)16-36(25)27(39)22-12-28(14-30(28,31)32)15-35(22)26(38)21-11-18-20(34-21)8-5-9-23(18)40-2/h3-9,11,22,25,34H,10,12-16H2,2H3/t22-,25-,28+,29-/m0/s1. The molecule has 3 heterocycles. The number of nitrogens with one attached hydrogen (secondary N) is 1. The van der Waals surface area contributed by atoms with Crippen molar-refractivity contribution in [1.29, 1.82) is 0 Å². The topological polar surface area (TPSA) is 87.1 Å². The number of ether oxygens (including phenoxy) is 1. The molecule has 10 heteroatoms. The second-order valence-corrected chi connectivity index (χ2v) is 11.5. The predicted octanol–water partition coefficient (Wildman–Crippen LogP) is 3.96. The molecule has 2 saturated heterocycles. The lowest BCUT2D eigenvalue weighted by Gasteiger charge is -2.28. The van der Waals surface area contributed by atoms with Crippen LogP contribution in [0.2, 0.25) is 0 Å². The van der Waals surface area contributed by atoms with Crippen LogP contribution in [0.4, 0.5) is 8.78 Å². The molecule has 7 rings (SSSR count). The summed E-state index contributed by atoms with van der Waals surface area (Å²) in [7, 11) is 1.52. The number of alkyl halides is 2.